The normalized spacial score (nSPS) is 15.5. The molecule has 0 atom stereocenters. The largest absolute Gasteiger partial charge is 0.293 e. The summed E-state index contributed by atoms with van der Waals surface area (Å²) in [5, 5.41) is 14.9. The molecular formula is C11H15N3. The topological polar surface area (TPSA) is 52.6 Å². The van der Waals surface area contributed by atoms with Crippen molar-refractivity contribution in [2.24, 2.45) is 0 Å². The lowest BCUT2D eigenvalue weighted by atomic mass is 10.0. The van der Waals surface area contributed by atoms with Crippen molar-refractivity contribution in [2.45, 2.75) is 32.1 Å². The first-order chi connectivity index (χ1) is 6.76. The Morgan fingerprint density at radius 1 is 1.57 bits per heavy atom. The van der Waals surface area contributed by atoms with Gasteiger partial charge >= 0.3 is 0 Å². The number of nitrogens with one attached hydrogen (secondary N) is 2. The molecule has 3 heteroatoms. The molecular weight excluding hydrogens is 174 g/mol. The van der Waals surface area contributed by atoms with Crippen LogP contribution in [0, 0.1) is 10.8 Å². The van der Waals surface area contributed by atoms with Crippen LogP contribution < -0.4 is 5.49 Å². The lowest BCUT2D eigenvalue weighted by Crippen LogP contribution is -2.20. The van der Waals surface area contributed by atoms with E-state index >= 15 is 0 Å². The van der Waals surface area contributed by atoms with E-state index in [1.807, 2.05) is 12.3 Å². The fraction of sp³-hybridized carbons (Fsp3) is 0.455. The van der Waals surface area contributed by atoms with Gasteiger partial charge in [-0.15, -0.1) is 0 Å². The van der Waals surface area contributed by atoms with E-state index in [1.54, 1.807) is 4.57 Å². The molecule has 1 fully saturated rings. The summed E-state index contributed by atoms with van der Waals surface area (Å²) in [6, 6.07) is 1.89. The number of hydrogen-bond donors (Lipinski definition) is 2. The van der Waals surface area contributed by atoms with Crippen LogP contribution in [0.1, 0.15) is 36.8 Å². The minimum absolute atomic E-state index is 0.404. The second-order valence-electron chi connectivity index (χ2n) is 3.80. The Morgan fingerprint density at radius 2 is 2.29 bits per heavy atom. The average molecular weight is 189 g/mol. The number of rotatable bonds is 3. The Morgan fingerprint density at radius 3 is 2.79 bits per heavy atom. The zero-order chi connectivity index (χ0) is 10.1. The third kappa shape index (κ3) is 1.50. The maximum absolute atomic E-state index is 7.68. The van der Waals surface area contributed by atoms with Gasteiger partial charge < -0.3 is 0 Å². The van der Waals surface area contributed by atoms with E-state index in [0.29, 0.717) is 11.4 Å². The molecule has 0 aromatic carbocycles. The van der Waals surface area contributed by atoms with Crippen LogP contribution in [0.2, 0.25) is 0 Å². The van der Waals surface area contributed by atoms with E-state index < -0.39 is 0 Å². The van der Waals surface area contributed by atoms with Crippen LogP contribution in [0.5, 0.6) is 0 Å². The van der Waals surface area contributed by atoms with Crippen LogP contribution in [-0.4, -0.2) is 10.9 Å². The van der Waals surface area contributed by atoms with Gasteiger partial charge in [0, 0.05) is 6.20 Å². The molecule has 2 rings (SSSR count). The van der Waals surface area contributed by atoms with Gasteiger partial charge in [-0.25, -0.2) is 0 Å². The second kappa shape index (κ2) is 3.40. The lowest BCUT2D eigenvalue weighted by Gasteiger charge is -2.09. The van der Waals surface area contributed by atoms with E-state index in [-0.39, 0.29) is 0 Å². The van der Waals surface area contributed by atoms with Gasteiger partial charge in [0.2, 0.25) is 0 Å². The number of pyridine rings is 1. The first-order valence-corrected chi connectivity index (χ1v) is 5.06. The highest BCUT2D eigenvalue weighted by molar-refractivity contribution is 5.55. The quantitative estimate of drug-likeness (QED) is 0.538. The fourth-order valence-electron chi connectivity index (χ4n) is 1.80. The van der Waals surface area contributed by atoms with Crippen molar-refractivity contribution in [3.05, 3.63) is 28.9 Å². The Balaban J connectivity index is 2.55. The monoisotopic (exact) mass is 189 g/mol. The highest BCUT2D eigenvalue weighted by atomic mass is 15.0. The maximum Gasteiger partial charge on any atom is 0.130 e. The van der Waals surface area contributed by atoms with Crippen LogP contribution in [0.4, 0.5) is 0 Å². The molecule has 1 saturated carbocycles. The van der Waals surface area contributed by atoms with Gasteiger partial charge in [0.05, 0.1) is 6.34 Å². The van der Waals surface area contributed by atoms with E-state index in [4.69, 9.17) is 10.8 Å². The molecule has 0 bridgehead atoms. The molecule has 1 aliphatic rings. The Kier molecular flexibility index (Phi) is 2.23. The third-order valence-corrected chi connectivity index (χ3v) is 2.78. The van der Waals surface area contributed by atoms with Crippen LogP contribution in [0.25, 0.3) is 0 Å². The standard InChI is InChI=1S/C11H15N3/c1-2-8-5-11(13)14(7-12)6-10(8)9-3-4-9/h5-7,9,12-13H,2-4H2,1H3. The maximum atomic E-state index is 7.68. The predicted octanol–water partition coefficient (Wildman–Crippen LogP) is 1.86. The molecule has 0 aliphatic heterocycles. The lowest BCUT2D eigenvalue weighted by molar-refractivity contribution is 0.912. The van der Waals surface area contributed by atoms with Crippen molar-refractivity contribution in [3.8, 4) is 0 Å². The summed E-state index contributed by atoms with van der Waals surface area (Å²) in [6.07, 6.45) is 6.67. The van der Waals surface area contributed by atoms with Gasteiger partial charge in [-0.1, -0.05) is 6.92 Å². The van der Waals surface area contributed by atoms with Crippen molar-refractivity contribution in [3.63, 3.8) is 0 Å². The van der Waals surface area contributed by atoms with Gasteiger partial charge in [-0.3, -0.25) is 15.4 Å². The molecule has 1 heterocycles. The molecule has 1 aromatic heterocycles. The molecule has 2 N–H and O–H groups in total. The van der Waals surface area contributed by atoms with Crippen molar-refractivity contribution in [1.29, 1.82) is 10.8 Å². The second-order valence-corrected chi connectivity index (χ2v) is 3.80. The van der Waals surface area contributed by atoms with Gasteiger partial charge in [-0.2, -0.15) is 0 Å². The molecule has 1 aliphatic carbocycles. The molecule has 1 aromatic rings. The van der Waals surface area contributed by atoms with Crippen molar-refractivity contribution >= 4 is 6.34 Å². The van der Waals surface area contributed by atoms with Gasteiger partial charge in [0.1, 0.15) is 5.49 Å². The molecule has 3 nitrogen and oxygen atoms in total. The first kappa shape index (κ1) is 9.19. The summed E-state index contributed by atoms with van der Waals surface area (Å²) in [5.41, 5.74) is 3.02. The smallest absolute Gasteiger partial charge is 0.130 e. The first-order valence-electron chi connectivity index (χ1n) is 5.06. The zero-order valence-corrected chi connectivity index (χ0v) is 8.38. The predicted molar refractivity (Wildman–Crippen MR) is 55.8 cm³/mol. The Hall–Kier alpha value is -1.38. The minimum atomic E-state index is 0.404. The molecule has 0 radical (unpaired) electrons. The van der Waals surface area contributed by atoms with Crippen molar-refractivity contribution in [2.75, 3.05) is 0 Å². The third-order valence-electron chi connectivity index (χ3n) is 2.78. The van der Waals surface area contributed by atoms with Crippen LogP contribution in [0.3, 0.4) is 0 Å². The number of hydrogen-bond acceptors (Lipinski definition) is 2. The summed E-state index contributed by atoms with van der Waals surface area (Å²) in [7, 11) is 0. The average Bonchev–Trinajstić information content (AvgIpc) is 3.01. The highest BCUT2D eigenvalue weighted by Crippen LogP contribution is 2.41. The Labute approximate surface area is 83.4 Å². The SMILES string of the molecule is CCc1cc(=N)n(C=N)cc1C1CC1. The summed E-state index contributed by atoms with van der Waals surface area (Å²) in [5.74, 6) is 0.691. The van der Waals surface area contributed by atoms with Crippen LogP contribution >= 0.6 is 0 Å². The fourth-order valence-corrected chi connectivity index (χ4v) is 1.80. The molecule has 0 amide bonds. The number of nitrogens with zero attached hydrogens (tertiary/aromatic N) is 1. The minimum Gasteiger partial charge on any atom is -0.293 e. The van der Waals surface area contributed by atoms with Crippen molar-refractivity contribution < 1.29 is 0 Å². The van der Waals surface area contributed by atoms with E-state index in [2.05, 4.69) is 6.92 Å². The number of aromatic nitrogens is 1. The molecule has 74 valence electrons. The van der Waals surface area contributed by atoms with Crippen LogP contribution in [0.15, 0.2) is 12.3 Å². The van der Waals surface area contributed by atoms with E-state index in [1.165, 1.54) is 30.3 Å². The highest BCUT2D eigenvalue weighted by Gasteiger charge is 2.25. The molecule has 0 spiro atoms. The summed E-state index contributed by atoms with van der Waals surface area (Å²) in [6.45, 7) is 2.12. The summed E-state index contributed by atoms with van der Waals surface area (Å²) in [4.78, 5) is 0. The number of aryl methyl sites for hydroxylation is 1. The van der Waals surface area contributed by atoms with Gasteiger partial charge in [0.15, 0.2) is 0 Å². The summed E-state index contributed by atoms with van der Waals surface area (Å²) < 4.78 is 1.58. The van der Waals surface area contributed by atoms with Crippen LogP contribution in [-0.2, 0) is 6.42 Å². The van der Waals surface area contributed by atoms with Crippen molar-refractivity contribution in [1.82, 2.24) is 4.57 Å². The molecule has 0 saturated heterocycles. The van der Waals surface area contributed by atoms with E-state index in [9.17, 15) is 0 Å². The molecule has 0 unspecified atom stereocenters. The van der Waals surface area contributed by atoms with Gasteiger partial charge in [-0.05, 0) is 42.4 Å². The zero-order valence-electron chi connectivity index (χ0n) is 8.38. The Bertz CT molecular complexity index is 413. The molecule has 14 heavy (non-hydrogen) atoms. The summed E-state index contributed by atoms with van der Waals surface area (Å²) >= 11 is 0. The van der Waals surface area contributed by atoms with E-state index in [0.717, 1.165) is 6.42 Å². The van der Waals surface area contributed by atoms with Gasteiger partial charge in [0.25, 0.3) is 0 Å².